The monoisotopic (exact) mass is 211 g/mol. The third-order valence-corrected chi connectivity index (χ3v) is 1.90. The van der Waals surface area contributed by atoms with E-state index in [2.05, 4.69) is 0 Å². The molecule has 0 saturated carbocycles. The van der Waals surface area contributed by atoms with Crippen LogP contribution in [0.25, 0.3) is 0 Å². The van der Waals surface area contributed by atoms with Crippen LogP contribution in [-0.2, 0) is 0 Å². The molecule has 1 aromatic carbocycles. The van der Waals surface area contributed by atoms with Crippen molar-refractivity contribution in [3.8, 4) is 11.5 Å². The molecular weight excluding hydrogens is 194 g/mol. The Bertz CT molecular complexity index is 323. The van der Waals surface area contributed by atoms with E-state index in [9.17, 15) is 0 Å². The molecule has 0 aromatic heterocycles. The fourth-order valence-electron chi connectivity index (χ4n) is 1.32. The Morgan fingerprint density at radius 2 is 1.33 bits per heavy atom. The van der Waals surface area contributed by atoms with E-state index >= 15 is 0 Å². The van der Waals surface area contributed by atoms with Crippen molar-refractivity contribution in [3.63, 3.8) is 0 Å². The topological polar surface area (TPSA) is 96.5 Å². The van der Waals surface area contributed by atoms with E-state index in [1.807, 2.05) is 13.8 Å². The SMILES string of the molecule is CCOc1c(N)cc(N)c(OCC)c1N. The van der Waals surface area contributed by atoms with Crippen molar-refractivity contribution in [1.82, 2.24) is 0 Å². The Morgan fingerprint density at radius 3 is 1.67 bits per heavy atom. The van der Waals surface area contributed by atoms with Crippen LogP contribution in [-0.4, -0.2) is 13.2 Å². The van der Waals surface area contributed by atoms with E-state index in [1.165, 1.54) is 0 Å². The summed E-state index contributed by atoms with van der Waals surface area (Å²) in [6.45, 7) is 4.69. The molecule has 0 aliphatic carbocycles. The molecule has 1 rings (SSSR count). The van der Waals surface area contributed by atoms with Crippen LogP contribution in [0.15, 0.2) is 6.07 Å². The maximum Gasteiger partial charge on any atom is 0.168 e. The molecule has 0 unspecified atom stereocenters. The van der Waals surface area contributed by atoms with Crippen molar-refractivity contribution in [3.05, 3.63) is 6.07 Å². The summed E-state index contributed by atoms with van der Waals surface area (Å²) >= 11 is 0. The second-order valence-electron chi connectivity index (χ2n) is 2.99. The molecule has 0 heterocycles. The molecule has 0 fully saturated rings. The molecule has 0 radical (unpaired) electrons. The van der Waals surface area contributed by atoms with Crippen LogP contribution in [0.3, 0.4) is 0 Å². The predicted octanol–water partition coefficient (Wildman–Crippen LogP) is 1.23. The van der Waals surface area contributed by atoms with Crippen LogP contribution in [0.2, 0.25) is 0 Å². The molecule has 5 nitrogen and oxygen atoms in total. The number of rotatable bonds is 4. The minimum Gasteiger partial charge on any atom is -0.489 e. The summed E-state index contributed by atoms with van der Waals surface area (Å²) in [6, 6.07) is 1.59. The van der Waals surface area contributed by atoms with Crippen LogP contribution in [0.1, 0.15) is 13.8 Å². The van der Waals surface area contributed by atoms with Gasteiger partial charge in [0, 0.05) is 0 Å². The zero-order valence-electron chi connectivity index (χ0n) is 9.04. The van der Waals surface area contributed by atoms with Gasteiger partial charge in [-0.05, 0) is 19.9 Å². The van der Waals surface area contributed by atoms with Crippen molar-refractivity contribution in [2.75, 3.05) is 30.4 Å². The van der Waals surface area contributed by atoms with E-state index in [0.717, 1.165) is 0 Å². The number of hydrogen-bond donors (Lipinski definition) is 3. The highest BCUT2D eigenvalue weighted by Crippen LogP contribution is 2.41. The molecule has 1 aromatic rings. The number of benzene rings is 1. The molecule has 0 bridgehead atoms. The maximum absolute atomic E-state index is 5.85. The Balaban J connectivity index is 3.22. The summed E-state index contributed by atoms with van der Waals surface area (Å²) in [7, 11) is 0. The summed E-state index contributed by atoms with van der Waals surface area (Å²) < 4.78 is 10.6. The second-order valence-corrected chi connectivity index (χ2v) is 2.99. The third kappa shape index (κ3) is 2.18. The largest absolute Gasteiger partial charge is 0.489 e. The lowest BCUT2D eigenvalue weighted by Gasteiger charge is -2.15. The third-order valence-electron chi connectivity index (χ3n) is 1.90. The van der Waals surface area contributed by atoms with Gasteiger partial charge < -0.3 is 26.7 Å². The quantitative estimate of drug-likeness (QED) is 0.651. The van der Waals surface area contributed by atoms with Gasteiger partial charge in [-0.1, -0.05) is 0 Å². The van der Waals surface area contributed by atoms with Crippen LogP contribution >= 0.6 is 0 Å². The number of ether oxygens (including phenoxy) is 2. The van der Waals surface area contributed by atoms with Crippen LogP contribution < -0.4 is 26.7 Å². The van der Waals surface area contributed by atoms with Gasteiger partial charge in [-0.2, -0.15) is 0 Å². The second kappa shape index (κ2) is 4.63. The molecule has 15 heavy (non-hydrogen) atoms. The highest BCUT2D eigenvalue weighted by atomic mass is 16.5. The Hall–Kier alpha value is -1.78. The Kier molecular flexibility index (Phi) is 3.49. The first-order chi connectivity index (χ1) is 7.11. The molecule has 5 heteroatoms. The summed E-state index contributed by atoms with van der Waals surface area (Å²) in [5.41, 5.74) is 18.5. The van der Waals surface area contributed by atoms with Crippen LogP contribution in [0.5, 0.6) is 11.5 Å². The van der Waals surface area contributed by atoms with Gasteiger partial charge >= 0.3 is 0 Å². The molecule has 84 valence electrons. The minimum absolute atomic E-state index is 0.358. The summed E-state index contributed by atoms with van der Waals surface area (Å²) in [5, 5.41) is 0. The molecule has 0 aliphatic rings. The summed E-state index contributed by atoms with van der Waals surface area (Å²) in [6.07, 6.45) is 0. The highest BCUT2D eigenvalue weighted by molar-refractivity contribution is 5.81. The van der Waals surface area contributed by atoms with Gasteiger partial charge in [-0.3, -0.25) is 0 Å². The minimum atomic E-state index is 0.358. The van der Waals surface area contributed by atoms with Crippen molar-refractivity contribution in [2.45, 2.75) is 13.8 Å². The Labute approximate surface area is 89.1 Å². The molecule has 0 spiro atoms. The smallest absolute Gasteiger partial charge is 0.168 e. The molecule has 6 N–H and O–H groups in total. The molecule has 0 atom stereocenters. The van der Waals surface area contributed by atoms with Gasteiger partial charge in [0.2, 0.25) is 0 Å². The highest BCUT2D eigenvalue weighted by Gasteiger charge is 2.14. The molecule has 0 saturated heterocycles. The first-order valence-electron chi connectivity index (χ1n) is 4.84. The predicted molar refractivity (Wildman–Crippen MR) is 62.0 cm³/mol. The lowest BCUT2D eigenvalue weighted by molar-refractivity contribution is 0.329. The summed E-state index contributed by atoms with van der Waals surface area (Å²) in [5.74, 6) is 0.880. The fraction of sp³-hybridized carbons (Fsp3) is 0.400. The van der Waals surface area contributed by atoms with E-state index in [1.54, 1.807) is 6.07 Å². The standard InChI is InChI=1S/C10H17N3O2/c1-3-14-9-6(11)5-7(12)10(8(9)13)15-4-2/h5H,3-4,11-13H2,1-2H3. The first-order valence-corrected chi connectivity index (χ1v) is 4.84. The summed E-state index contributed by atoms with van der Waals surface area (Å²) in [4.78, 5) is 0. The fourth-order valence-corrected chi connectivity index (χ4v) is 1.32. The van der Waals surface area contributed by atoms with E-state index in [0.29, 0.717) is 41.8 Å². The first kappa shape index (κ1) is 11.3. The lowest BCUT2D eigenvalue weighted by atomic mass is 10.2. The zero-order valence-corrected chi connectivity index (χ0v) is 9.04. The molecule has 0 amide bonds. The van der Waals surface area contributed by atoms with Crippen LogP contribution in [0, 0.1) is 0 Å². The van der Waals surface area contributed by atoms with Gasteiger partial charge in [0.1, 0.15) is 5.69 Å². The van der Waals surface area contributed by atoms with Gasteiger partial charge in [-0.15, -0.1) is 0 Å². The van der Waals surface area contributed by atoms with Crippen molar-refractivity contribution in [1.29, 1.82) is 0 Å². The average molecular weight is 211 g/mol. The zero-order chi connectivity index (χ0) is 11.4. The Morgan fingerprint density at radius 1 is 0.933 bits per heavy atom. The number of nitrogens with two attached hydrogens (primary N) is 3. The van der Waals surface area contributed by atoms with E-state index in [-0.39, 0.29) is 0 Å². The molecule has 0 aliphatic heterocycles. The van der Waals surface area contributed by atoms with E-state index in [4.69, 9.17) is 26.7 Å². The van der Waals surface area contributed by atoms with Gasteiger partial charge in [-0.25, -0.2) is 0 Å². The number of hydrogen-bond acceptors (Lipinski definition) is 5. The van der Waals surface area contributed by atoms with Gasteiger partial charge in [0.05, 0.1) is 24.6 Å². The average Bonchev–Trinajstić information content (AvgIpc) is 2.19. The normalized spacial score (nSPS) is 10.0. The number of anilines is 3. The van der Waals surface area contributed by atoms with Crippen LogP contribution in [0.4, 0.5) is 17.1 Å². The van der Waals surface area contributed by atoms with Crippen molar-refractivity contribution < 1.29 is 9.47 Å². The van der Waals surface area contributed by atoms with E-state index < -0.39 is 0 Å². The van der Waals surface area contributed by atoms with Gasteiger partial charge in [0.25, 0.3) is 0 Å². The lowest BCUT2D eigenvalue weighted by Crippen LogP contribution is -2.06. The van der Waals surface area contributed by atoms with Gasteiger partial charge in [0.15, 0.2) is 11.5 Å². The number of nitrogen functional groups attached to an aromatic ring is 3. The molecular formula is C10H17N3O2. The van der Waals surface area contributed by atoms with Crippen molar-refractivity contribution >= 4 is 17.1 Å². The van der Waals surface area contributed by atoms with Crippen molar-refractivity contribution in [2.24, 2.45) is 0 Å². The maximum atomic E-state index is 5.85.